The molecule has 0 bridgehead atoms. The minimum absolute atomic E-state index is 0.508. The number of hydrogen-bond donors (Lipinski definition) is 2. The summed E-state index contributed by atoms with van der Waals surface area (Å²) in [6, 6.07) is 3.66. The normalized spacial score (nSPS) is 12.8. The molecule has 2 aromatic rings. The molecule has 1 atom stereocenters. The number of aliphatic hydroxyl groups excluding tert-OH is 1. The first-order valence-corrected chi connectivity index (χ1v) is 7.83. The molecule has 3 nitrogen and oxygen atoms in total. The Morgan fingerprint density at radius 2 is 2.33 bits per heavy atom. The number of hydrogen-bond acceptors (Lipinski definition) is 5. The Hall–Kier alpha value is -0.460. The highest BCUT2D eigenvalue weighted by Crippen LogP contribution is 2.26. The third-order valence-corrected chi connectivity index (χ3v) is 4.84. The van der Waals surface area contributed by atoms with E-state index in [4.69, 9.17) is 11.6 Å². The molecule has 18 heavy (non-hydrogen) atoms. The van der Waals surface area contributed by atoms with Crippen molar-refractivity contribution in [3.05, 3.63) is 37.4 Å². The van der Waals surface area contributed by atoms with Gasteiger partial charge in [0.15, 0.2) is 0 Å². The highest BCUT2D eigenvalue weighted by atomic mass is 35.5. The van der Waals surface area contributed by atoms with Crippen LogP contribution in [-0.2, 0) is 13.0 Å². The van der Waals surface area contributed by atoms with Gasteiger partial charge >= 0.3 is 0 Å². The van der Waals surface area contributed by atoms with Crippen molar-refractivity contribution in [1.82, 2.24) is 10.3 Å². The van der Waals surface area contributed by atoms with Crippen LogP contribution in [0.3, 0.4) is 0 Å². The van der Waals surface area contributed by atoms with Gasteiger partial charge in [-0.05, 0) is 18.6 Å². The van der Waals surface area contributed by atoms with Gasteiger partial charge in [0.05, 0.1) is 15.0 Å². The Labute approximate surface area is 119 Å². The third kappa shape index (κ3) is 3.76. The molecule has 0 saturated heterocycles. The molecule has 0 aliphatic carbocycles. The molecular formula is C12H15ClN2OS2. The van der Waals surface area contributed by atoms with Crippen LogP contribution >= 0.6 is 34.3 Å². The minimum Gasteiger partial charge on any atom is -0.386 e. The maximum Gasteiger partial charge on any atom is 0.101 e. The lowest BCUT2D eigenvalue weighted by atomic mass is 10.3. The van der Waals surface area contributed by atoms with Gasteiger partial charge in [-0.2, -0.15) is 0 Å². The summed E-state index contributed by atoms with van der Waals surface area (Å²) in [5, 5.41) is 16.3. The van der Waals surface area contributed by atoms with E-state index >= 15 is 0 Å². The van der Waals surface area contributed by atoms with Gasteiger partial charge in [0, 0.05) is 23.3 Å². The van der Waals surface area contributed by atoms with Gasteiger partial charge in [-0.25, -0.2) is 4.98 Å². The van der Waals surface area contributed by atoms with Crippen LogP contribution in [0.1, 0.15) is 28.6 Å². The summed E-state index contributed by atoms with van der Waals surface area (Å²) < 4.78 is 0.705. The van der Waals surface area contributed by atoms with Crippen LogP contribution in [0.15, 0.2) is 17.5 Å². The van der Waals surface area contributed by atoms with E-state index < -0.39 is 6.10 Å². The molecule has 0 spiro atoms. The molecule has 0 saturated carbocycles. The molecule has 2 heterocycles. The van der Waals surface area contributed by atoms with Crippen LogP contribution in [0.5, 0.6) is 0 Å². The van der Waals surface area contributed by atoms with Crippen molar-refractivity contribution in [2.24, 2.45) is 0 Å². The van der Waals surface area contributed by atoms with E-state index in [2.05, 4.69) is 22.6 Å². The van der Waals surface area contributed by atoms with Gasteiger partial charge in [0.2, 0.25) is 0 Å². The van der Waals surface area contributed by atoms with Crippen molar-refractivity contribution in [1.29, 1.82) is 0 Å². The van der Waals surface area contributed by atoms with E-state index in [-0.39, 0.29) is 0 Å². The van der Waals surface area contributed by atoms with E-state index in [0.717, 1.165) is 22.0 Å². The lowest BCUT2D eigenvalue weighted by molar-refractivity contribution is 0.178. The summed E-state index contributed by atoms with van der Waals surface area (Å²) in [5.74, 6) is 0. The third-order valence-electron chi connectivity index (χ3n) is 2.47. The number of aliphatic hydroxyl groups is 1. The van der Waals surface area contributed by atoms with E-state index in [0.29, 0.717) is 17.4 Å². The van der Waals surface area contributed by atoms with Crippen LogP contribution in [0, 0.1) is 0 Å². The molecule has 0 aromatic carbocycles. The zero-order chi connectivity index (χ0) is 13.0. The van der Waals surface area contributed by atoms with Gasteiger partial charge < -0.3 is 10.4 Å². The second-order valence-electron chi connectivity index (χ2n) is 3.87. The maximum atomic E-state index is 9.93. The summed E-state index contributed by atoms with van der Waals surface area (Å²) >= 11 is 8.92. The number of nitrogens with one attached hydrogen (secondary N) is 1. The summed E-state index contributed by atoms with van der Waals surface area (Å²) in [7, 11) is 0. The summed E-state index contributed by atoms with van der Waals surface area (Å²) in [4.78, 5) is 5.35. The number of aromatic nitrogens is 1. The van der Waals surface area contributed by atoms with E-state index in [1.54, 1.807) is 17.4 Å². The predicted octanol–water partition coefficient (Wildman–Crippen LogP) is 3.24. The van der Waals surface area contributed by atoms with Crippen molar-refractivity contribution in [2.45, 2.75) is 26.0 Å². The molecule has 98 valence electrons. The molecule has 2 N–H and O–H groups in total. The van der Waals surface area contributed by atoms with Gasteiger partial charge in [-0.1, -0.05) is 18.5 Å². The first-order valence-electron chi connectivity index (χ1n) is 5.76. The van der Waals surface area contributed by atoms with Gasteiger partial charge in [0.1, 0.15) is 6.10 Å². The van der Waals surface area contributed by atoms with Gasteiger partial charge in [-0.15, -0.1) is 22.7 Å². The van der Waals surface area contributed by atoms with E-state index in [1.807, 2.05) is 6.07 Å². The average Bonchev–Trinajstić information content (AvgIpc) is 2.98. The number of thiazole rings is 1. The fraction of sp³-hybridized carbons (Fsp3) is 0.417. The van der Waals surface area contributed by atoms with Crippen molar-refractivity contribution in [3.8, 4) is 0 Å². The summed E-state index contributed by atoms with van der Waals surface area (Å²) in [5.41, 5.74) is 1.04. The van der Waals surface area contributed by atoms with Gasteiger partial charge in [-0.3, -0.25) is 0 Å². The quantitative estimate of drug-likeness (QED) is 0.861. The molecule has 0 aliphatic rings. The van der Waals surface area contributed by atoms with Crippen molar-refractivity contribution < 1.29 is 5.11 Å². The number of halogens is 1. The highest BCUT2D eigenvalue weighted by Gasteiger charge is 2.10. The molecule has 6 heteroatoms. The smallest absolute Gasteiger partial charge is 0.101 e. The van der Waals surface area contributed by atoms with Crippen LogP contribution in [0.2, 0.25) is 4.34 Å². The topological polar surface area (TPSA) is 45.2 Å². The molecule has 1 unspecified atom stereocenters. The lowest BCUT2D eigenvalue weighted by Crippen LogP contribution is -2.20. The Balaban J connectivity index is 1.78. The van der Waals surface area contributed by atoms with Crippen LogP contribution in [0.4, 0.5) is 0 Å². The van der Waals surface area contributed by atoms with Crippen molar-refractivity contribution >= 4 is 34.3 Å². The predicted molar refractivity (Wildman–Crippen MR) is 77.5 cm³/mol. The van der Waals surface area contributed by atoms with Crippen LogP contribution in [-0.4, -0.2) is 16.6 Å². The zero-order valence-corrected chi connectivity index (χ0v) is 12.4. The Morgan fingerprint density at radius 3 is 2.94 bits per heavy atom. The molecular weight excluding hydrogens is 288 g/mol. The molecule has 0 amide bonds. The Morgan fingerprint density at radius 1 is 1.50 bits per heavy atom. The fourth-order valence-electron chi connectivity index (χ4n) is 1.54. The lowest BCUT2D eigenvalue weighted by Gasteiger charge is -2.08. The standard InChI is InChI=1S/C12H15ClN2OS2/c1-2-12-15-8(7-17-12)5-14-6-9(16)10-3-4-11(13)18-10/h3-4,7,9,14,16H,2,5-6H2,1H3. The molecule has 2 rings (SSSR count). The number of thiophene rings is 1. The SMILES string of the molecule is CCc1nc(CNCC(O)c2ccc(Cl)s2)cs1. The Kier molecular flexibility index (Phi) is 5.14. The number of rotatable bonds is 6. The number of nitrogens with zero attached hydrogens (tertiary/aromatic N) is 1. The molecule has 0 fully saturated rings. The average molecular weight is 303 g/mol. The fourth-order valence-corrected chi connectivity index (χ4v) is 3.33. The van der Waals surface area contributed by atoms with Crippen LogP contribution in [0.25, 0.3) is 0 Å². The second kappa shape index (κ2) is 6.63. The van der Waals surface area contributed by atoms with E-state index in [9.17, 15) is 5.11 Å². The van der Waals surface area contributed by atoms with E-state index in [1.165, 1.54) is 11.3 Å². The minimum atomic E-state index is -0.508. The molecule has 0 aliphatic heterocycles. The van der Waals surface area contributed by atoms with Crippen molar-refractivity contribution in [3.63, 3.8) is 0 Å². The number of aryl methyl sites for hydroxylation is 1. The van der Waals surface area contributed by atoms with Crippen LogP contribution < -0.4 is 5.32 Å². The second-order valence-corrected chi connectivity index (χ2v) is 6.56. The first kappa shape index (κ1) is 14.0. The first-order chi connectivity index (χ1) is 8.69. The van der Waals surface area contributed by atoms with Gasteiger partial charge in [0.25, 0.3) is 0 Å². The Bertz CT molecular complexity index is 498. The maximum absolute atomic E-state index is 9.93. The summed E-state index contributed by atoms with van der Waals surface area (Å²) in [6.45, 7) is 3.29. The van der Waals surface area contributed by atoms with Crippen molar-refractivity contribution in [2.75, 3.05) is 6.54 Å². The molecule has 2 aromatic heterocycles. The monoisotopic (exact) mass is 302 g/mol. The molecule has 0 radical (unpaired) electrons. The zero-order valence-electron chi connectivity index (χ0n) is 10.0. The highest BCUT2D eigenvalue weighted by molar-refractivity contribution is 7.16. The largest absolute Gasteiger partial charge is 0.386 e. The summed E-state index contributed by atoms with van der Waals surface area (Å²) in [6.07, 6.45) is 0.466.